The van der Waals surface area contributed by atoms with Crippen molar-refractivity contribution in [2.24, 2.45) is 0 Å². The third-order valence-electron chi connectivity index (χ3n) is 6.05. The fourth-order valence-electron chi connectivity index (χ4n) is 3.91. The van der Waals surface area contributed by atoms with Crippen molar-refractivity contribution >= 4 is 52.2 Å². The second-order valence-corrected chi connectivity index (χ2v) is 10.5. The third kappa shape index (κ3) is 7.64. The number of aryl methyl sites for hydroxylation is 1. The minimum absolute atomic E-state index is 0.114. The summed E-state index contributed by atoms with van der Waals surface area (Å²) in [6, 6.07) is 22.1. The maximum absolute atomic E-state index is 12.7. The van der Waals surface area contributed by atoms with Crippen LogP contribution in [-0.2, 0) is 16.0 Å². The lowest BCUT2D eigenvalue weighted by Crippen LogP contribution is -2.37. The van der Waals surface area contributed by atoms with Gasteiger partial charge in [0.05, 0.1) is 35.3 Å². The van der Waals surface area contributed by atoms with Gasteiger partial charge in [0.1, 0.15) is 5.25 Å². The largest absolute Gasteiger partial charge is 0.379 e. The van der Waals surface area contributed by atoms with Crippen LogP contribution < -0.4 is 15.4 Å². The first-order chi connectivity index (χ1) is 17.5. The lowest BCUT2D eigenvalue weighted by atomic mass is 10.1. The highest BCUT2D eigenvalue weighted by atomic mass is 35.5. The van der Waals surface area contributed by atoms with Gasteiger partial charge < -0.3 is 20.1 Å². The number of anilines is 4. The minimum atomic E-state index is -0.334. The fraction of sp³-hybridized carbons (Fsp3) is 0.321. The van der Waals surface area contributed by atoms with Crippen molar-refractivity contribution in [1.29, 1.82) is 0 Å². The molecule has 4 rings (SSSR count). The number of nitrogens with zero attached hydrogens (tertiary/aromatic N) is 1. The first-order valence-electron chi connectivity index (χ1n) is 12.2. The molecule has 190 valence electrons. The molecule has 1 aliphatic heterocycles. The Morgan fingerprint density at radius 1 is 1.03 bits per heavy atom. The number of carbonyl (C=O) groups is 1. The molecule has 36 heavy (non-hydrogen) atoms. The van der Waals surface area contributed by atoms with Gasteiger partial charge in [-0.05, 0) is 79.7 Å². The van der Waals surface area contributed by atoms with Crippen LogP contribution in [0.25, 0.3) is 0 Å². The van der Waals surface area contributed by atoms with Gasteiger partial charge in [0.25, 0.3) is 0 Å². The molecule has 8 heteroatoms. The molecule has 3 aromatic carbocycles. The van der Waals surface area contributed by atoms with Crippen LogP contribution in [0.2, 0.25) is 5.02 Å². The topological polar surface area (TPSA) is 65.6 Å². The monoisotopic (exact) mass is 524 g/mol. The molecule has 1 aliphatic rings. The highest BCUT2D eigenvalue weighted by Crippen LogP contribution is 2.30. The average molecular weight is 525 g/mol. The lowest BCUT2D eigenvalue weighted by Gasteiger charge is -2.26. The van der Waals surface area contributed by atoms with Gasteiger partial charge >= 0.3 is 0 Å². The van der Waals surface area contributed by atoms with Crippen molar-refractivity contribution in [1.82, 2.24) is 4.90 Å². The van der Waals surface area contributed by atoms with Crippen LogP contribution in [0.5, 0.6) is 0 Å². The fourth-order valence-corrected chi connectivity index (χ4v) is 4.84. The summed E-state index contributed by atoms with van der Waals surface area (Å²) in [5.74, 6) is -0.114. The number of amides is 1. The predicted octanol–water partition coefficient (Wildman–Crippen LogP) is 6.35. The normalized spacial score (nSPS) is 14.8. The zero-order chi connectivity index (χ0) is 25.3. The lowest BCUT2D eigenvalue weighted by molar-refractivity contribution is -0.115. The number of morpholine rings is 1. The Kier molecular flexibility index (Phi) is 9.53. The Morgan fingerprint density at radius 3 is 2.58 bits per heavy atom. The summed E-state index contributed by atoms with van der Waals surface area (Å²) in [4.78, 5) is 15.2. The van der Waals surface area contributed by atoms with Gasteiger partial charge in [0, 0.05) is 25.3 Å². The number of hydrogen-bond acceptors (Lipinski definition) is 6. The predicted molar refractivity (Wildman–Crippen MR) is 153 cm³/mol. The summed E-state index contributed by atoms with van der Waals surface area (Å²) in [5, 5.41) is 6.64. The molecular weight excluding hydrogens is 492 g/mol. The first-order valence-corrected chi connectivity index (χ1v) is 13.5. The summed E-state index contributed by atoms with van der Waals surface area (Å²) >= 11 is 7.62. The number of halogens is 1. The van der Waals surface area contributed by atoms with Gasteiger partial charge in [-0.3, -0.25) is 9.69 Å². The maximum atomic E-state index is 12.7. The summed E-state index contributed by atoms with van der Waals surface area (Å²) in [6.07, 6.45) is 1.00. The summed E-state index contributed by atoms with van der Waals surface area (Å²) in [7, 11) is 0. The van der Waals surface area contributed by atoms with Crippen LogP contribution in [-0.4, -0.2) is 48.9 Å². The second kappa shape index (κ2) is 13.0. The van der Waals surface area contributed by atoms with Crippen molar-refractivity contribution in [3.63, 3.8) is 0 Å². The highest BCUT2D eigenvalue weighted by molar-refractivity contribution is 8.01. The van der Waals surface area contributed by atoms with E-state index >= 15 is 0 Å². The standard InChI is InChI=1S/C28H33ClN4O2S/c1-20-10-11-25(24(29)18-20)31-28(34)21(2)36-32-27-9-4-3-8-26(27)30-23-7-5-6-22(19-23)12-13-33-14-16-35-17-15-33/h3-11,18-19,21,30,32H,12-17H2,1-2H3,(H,31,34). The van der Waals surface area contributed by atoms with E-state index in [2.05, 4.69) is 44.5 Å². The van der Waals surface area contributed by atoms with E-state index in [-0.39, 0.29) is 11.2 Å². The van der Waals surface area contributed by atoms with Crippen molar-refractivity contribution in [2.45, 2.75) is 25.5 Å². The third-order valence-corrected chi connectivity index (χ3v) is 7.27. The molecule has 1 amide bonds. The summed E-state index contributed by atoms with van der Waals surface area (Å²) in [5.41, 5.74) is 5.86. The zero-order valence-electron chi connectivity index (χ0n) is 20.7. The Bertz CT molecular complexity index is 1170. The zero-order valence-corrected chi connectivity index (χ0v) is 22.3. The Balaban J connectivity index is 1.33. The molecule has 3 aromatic rings. The number of carbonyl (C=O) groups excluding carboxylic acids is 1. The van der Waals surface area contributed by atoms with Gasteiger partial charge in [-0.15, -0.1) is 0 Å². The van der Waals surface area contributed by atoms with Crippen LogP contribution in [0.4, 0.5) is 22.7 Å². The number of ether oxygens (including phenoxy) is 1. The van der Waals surface area contributed by atoms with E-state index in [9.17, 15) is 4.79 Å². The molecule has 0 saturated carbocycles. The quantitative estimate of drug-likeness (QED) is 0.268. The number of rotatable bonds is 10. The molecule has 3 N–H and O–H groups in total. The molecule has 1 heterocycles. The molecule has 1 saturated heterocycles. The Hall–Kier alpha value is -2.71. The van der Waals surface area contributed by atoms with Gasteiger partial charge in [0.15, 0.2) is 0 Å². The van der Waals surface area contributed by atoms with Crippen LogP contribution in [0.3, 0.4) is 0 Å². The van der Waals surface area contributed by atoms with Gasteiger partial charge in [0.2, 0.25) is 5.91 Å². The summed E-state index contributed by atoms with van der Waals surface area (Å²) < 4.78 is 8.79. The van der Waals surface area contributed by atoms with Crippen LogP contribution in [0, 0.1) is 6.92 Å². The summed E-state index contributed by atoms with van der Waals surface area (Å²) in [6.45, 7) is 8.52. The van der Waals surface area contributed by atoms with Gasteiger partial charge in [-0.1, -0.05) is 41.9 Å². The molecule has 1 fully saturated rings. The van der Waals surface area contributed by atoms with Crippen molar-refractivity contribution in [2.75, 3.05) is 48.2 Å². The van der Waals surface area contributed by atoms with Crippen molar-refractivity contribution in [3.05, 3.63) is 82.9 Å². The minimum Gasteiger partial charge on any atom is -0.379 e. The van der Waals surface area contributed by atoms with E-state index in [0.717, 1.165) is 61.9 Å². The maximum Gasteiger partial charge on any atom is 0.239 e. The number of para-hydroxylation sites is 2. The van der Waals surface area contributed by atoms with Crippen LogP contribution in [0.15, 0.2) is 66.7 Å². The van der Waals surface area contributed by atoms with Gasteiger partial charge in [-0.2, -0.15) is 0 Å². The van der Waals surface area contributed by atoms with Crippen molar-refractivity contribution < 1.29 is 9.53 Å². The molecule has 0 aliphatic carbocycles. The molecule has 0 spiro atoms. The molecule has 0 radical (unpaired) electrons. The molecular formula is C28H33ClN4O2S. The van der Waals surface area contributed by atoms with E-state index in [1.165, 1.54) is 17.5 Å². The number of nitrogens with one attached hydrogen (secondary N) is 3. The van der Waals surface area contributed by atoms with Crippen molar-refractivity contribution in [3.8, 4) is 0 Å². The molecule has 6 nitrogen and oxygen atoms in total. The number of hydrogen-bond donors (Lipinski definition) is 3. The van der Waals surface area contributed by atoms with E-state index in [0.29, 0.717) is 10.7 Å². The molecule has 0 bridgehead atoms. The molecule has 1 unspecified atom stereocenters. The number of benzene rings is 3. The highest BCUT2D eigenvalue weighted by Gasteiger charge is 2.16. The Morgan fingerprint density at radius 2 is 1.81 bits per heavy atom. The van der Waals surface area contributed by atoms with E-state index < -0.39 is 0 Å². The molecule has 0 aromatic heterocycles. The van der Waals surface area contributed by atoms with Crippen LogP contribution in [0.1, 0.15) is 18.1 Å². The van der Waals surface area contributed by atoms with Gasteiger partial charge in [-0.25, -0.2) is 0 Å². The Labute approximate surface area is 222 Å². The van der Waals surface area contributed by atoms with E-state index in [1.54, 1.807) is 0 Å². The average Bonchev–Trinajstić information content (AvgIpc) is 2.89. The van der Waals surface area contributed by atoms with E-state index in [4.69, 9.17) is 16.3 Å². The first kappa shape index (κ1) is 26.4. The smallest absolute Gasteiger partial charge is 0.239 e. The van der Waals surface area contributed by atoms with Crippen LogP contribution >= 0.6 is 23.5 Å². The SMILES string of the molecule is Cc1ccc(NC(=O)C(C)SNc2ccccc2Nc2cccc(CCN3CCOCC3)c2)c(Cl)c1. The van der Waals surface area contributed by atoms with E-state index in [1.807, 2.05) is 56.3 Å². The second-order valence-electron chi connectivity index (χ2n) is 8.91. The molecule has 1 atom stereocenters.